The SMILES string of the molecule is COc1nc(NC2CCN(C3COC3)CC2)nn2cc(F)c(-c3ccc4nnn(C[C@H](C)F)c4c3)c12. The summed E-state index contributed by atoms with van der Waals surface area (Å²) in [4.78, 5) is 7.02. The summed E-state index contributed by atoms with van der Waals surface area (Å²) in [6, 6.07) is 6.01. The number of halogens is 2. The van der Waals surface area contributed by atoms with Crippen molar-refractivity contribution in [3.8, 4) is 17.0 Å². The lowest BCUT2D eigenvalue weighted by molar-refractivity contribution is -0.0705. The van der Waals surface area contributed by atoms with Gasteiger partial charge in [-0.15, -0.1) is 10.2 Å². The topological polar surface area (TPSA) is 94.6 Å². The van der Waals surface area contributed by atoms with Gasteiger partial charge in [0.2, 0.25) is 11.8 Å². The predicted molar refractivity (Wildman–Crippen MR) is 129 cm³/mol. The van der Waals surface area contributed by atoms with Crippen LogP contribution < -0.4 is 10.1 Å². The molecule has 0 radical (unpaired) electrons. The molecule has 1 N–H and O–H groups in total. The van der Waals surface area contributed by atoms with Gasteiger partial charge in [-0.3, -0.25) is 4.90 Å². The second kappa shape index (κ2) is 9.25. The number of likely N-dealkylation sites (tertiary alicyclic amines) is 1. The fourth-order valence-electron chi connectivity index (χ4n) is 5.02. The summed E-state index contributed by atoms with van der Waals surface area (Å²) in [6.07, 6.45) is 2.16. The van der Waals surface area contributed by atoms with E-state index in [4.69, 9.17) is 9.47 Å². The molecular weight excluding hydrogens is 470 g/mol. The highest BCUT2D eigenvalue weighted by Crippen LogP contribution is 2.35. The molecule has 2 saturated heterocycles. The quantitative estimate of drug-likeness (QED) is 0.416. The van der Waals surface area contributed by atoms with Crippen LogP contribution in [-0.2, 0) is 11.3 Å². The zero-order valence-corrected chi connectivity index (χ0v) is 20.2. The number of anilines is 1. The maximum absolute atomic E-state index is 15.3. The van der Waals surface area contributed by atoms with Crippen molar-refractivity contribution in [3.63, 3.8) is 0 Å². The molecule has 12 heteroatoms. The highest BCUT2D eigenvalue weighted by Gasteiger charge is 2.30. The molecule has 0 saturated carbocycles. The summed E-state index contributed by atoms with van der Waals surface area (Å²) in [7, 11) is 1.50. The Morgan fingerprint density at radius 2 is 2.06 bits per heavy atom. The molecule has 2 aliphatic heterocycles. The molecule has 1 atom stereocenters. The lowest BCUT2D eigenvalue weighted by Gasteiger charge is -2.41. The average molecular weight is 499 g/mol. The molecular formula is C24H28F2N8O2. The van der Waals surface area contributed by atoms with Gasteiger partial charge in [0.05, 0.1) is 50.2 Å². The number of nitrogens with one attached hydrogen (secondary N) is 1. The van der Waals surface area contributed by atoms with E-state index in [1.807, 2.05) is 0 Å². The van der Waals surface area contributed by atoms with Crippen molar-refractivity contribution in [2.45, 2.75) is 44.6 Å². The van der Waals surface area contributed by atoms with Gasteiger partial charge in [-0.05, 0) is 37.5 Å². The molecule has 190 valence electrons. The van der Waals surface area contributed by atoms with Gasteiger partial charge in [-0.2, -0.15) is 4.98 Å². The van der Waals surface area contributed by atoms with Gasteiger partial charge in [0, 0.05) is 19.1 Å². The molecule has 1 aromatic carbocycles. The first-order valence-corrected chi connectivity index (χ1v) is 12.2. The Bertz CT molecular complexity index is 1390. The van der Waals surface area contributed by atoms with E-state index in [-0.39, 0.29) is 18.5 Å². The summed E-state index contributed by atoms with van der Waals surface area (Å²) in [5.41, 5.74) is 2.52. The van der Waals surface area contributed by atoms with Crippen molar-refractivity contribution in [1.29, 1.82) is 0 Å². The van der Waals surface area contributed by atoms with E-state index in [0.29, 0.717) is 39.7 Å². The fourth-order valence-corrected chi connectivity index (χ4v) is 5.02. The molecule has 5 heterocycles. The van der Waals surface area contributed by atoms with Gasteiger partial charge < -0.3 is 14.8 Å². The van der Waals surface area contributed by atoms with E-state index < -0.39 is 12.0 Å². The number of methoxy groups -OCH3 is 1. The van der Waals surface area contributed by atoms with E-state index in [0.717, 1.165) is 39.1 Å². The summed E-state index contributed by atoms with van der Waals surface area (Å²) >= 11 is 0. The maximum atomic E-state index is 15.3. The van der Waals surface area contributed by atoms with E-state index in [2.05, 4.69) is 30.6 Å². The summed E-state index contributed by atoms with van der Waals surface area (Å²) in [5, 5.41) is 16.0. The molecule has 0 aliphatic carbocycles. The number of nitrogens with zero attached hydrogens (tertiary/aromatic N) is 7. The van der Waals surface area contributed by atoms with Gasteiger partial charge in [-0.25, -0.2) is 18.0 Å². The van der Waals surface area contributed by atoms with Crippen LogP contribution in [0.1, 0.15) is 19.8 Å². The Morgan fingerprint density at radius 3 is 2.75 bits per heavy atom. The number of ether oxygens (including phenoxy) is 2. The van der Waals surface area contributed by atoms with Crippen LogP contribution in [0.2, 0.25) is 0 Å². The van der Waals surface area contributed by atoms with E-state index in [9.17, 15) is 4.39 Å². The number of alkyl halides is 1. The van der Waals surface area contributed by atoms with Gasteiger partial charge in [-0.1, -0.05) is 11.3 Å². The maximum Gasteiger partial charge on any atom is 0.244 e. The minimum atomic E-state index is -1.09. The van der Waals surface area contributed by atoms with Crippen LogP contribution in [-0.4, -0.2) is 86.2 Å². The van der Waals surface area contributed by atoms with Crippen molar-refractivity contribution in [2.75, 3.05) is 38.7 Å². The molecule has 0 bridgehead atoms. The largest absolute Gasteiger partial charge is 0.479 e. The van der Waals surface area contributed by atoms with Crippen LogP contribution in [0.15, 0.2) is 24.4 Å². The van der Waals surface area contributed by atoms with Crippen molar-refractivity contribution in [2.24, 2.45) is 0 Å². The Hall–Kier alpha value is -3.38. The highest BCUT2D eigenvalue weighted by atomic mass is 19.1. The molecule has 36 heavy (non-hydrogen) atoms. The van der Waals surface area contributed by atoms with Gasteiger partial charge in [0.1, 0.15) is 17.2 Å². The van der Waals surface area contributed by atoms with E-state index in [1.165, 1.54) is 29.4 Å². The normalized spacial score (nSPS) is 18.6. The Labute approximate surface area is 206 Å². The van der Waals surface area contributed by atoms with Gasteiger partial charge in [0.25, 0.3) is 0 Å². The minimum absolute atomic E-state index is 0.0633. The van der Waals surface area contributed by atoms with Crippen LogP contribution in [0.25, 0.3) is 27.7 Å². The lowest BCUT2D eigenvalue weighted by atomic mass is 10.0. The third-order valence-electron chi connectivity index (χ3n) is 6.97. The van der Waals surface area contributed by atoms with E-state index >= 15 is 4.39 Å². The zero-order valence-electron chi connectivity index (χ0n) is 20.2. The minimum Gasteiger partial charge on any atom is -0.479 e. The lowest BCUT2D eigenvalue weighted by Crippen LogP contribution is -2.53. The Kier molecular flexibility index (Phi) is 5.92. The molecule has 0 spiro atoms. The molecule has 6 rings (SSSR count). The van der Waals surface area contributed by atoms with Crippen LogP contribution >= 0.6 is 0 Å². The average Bonchev–Trinajstić information content (AvgIpc) is 3.37. The third-order valence-corrected chi connectivity index (χ3v) is 6.97. The molecule has 2 fully saturated rings. The first kappa shape index (κ1) is 23.0. The van der Waals surface area contributed by atoms with Crippen LogP contribution in [0.3, 0.4) is 0 Å². The fraction of sp³-hybridized carbons (Fsp3) is 0.500. The number of hydrogen-bond donors (Lipinski definition) is 1. The number of aromatic nitrogens is 6. The predicted octanol–water partition coefficient (Wildman–Crippen LogP) is 2.92. The van der Waals surface area contributed by atoms with Crippen molar-refractivity contribution in [1.82, 2.24) is 34.5 Å². The monoisotopic (exact) mass is 498 g/mol. The van der Waals surface area contributed by atoms with Crippen LogP contribution in [0.4, 0.5) is 14.7 Å². The van der Waals surface area contributed by atoms with Crippen molar-refractivity contribution < 1.29 is 18.3 Å². The summed E-state index contributed by atoms with van der Waals surface area (Å²) in [5.74, 6) is 0.188. The summed E-state index contributed by atoms with van der Waals surface area (Å²) < 4.78 is 42.8. The molecule has 2 aliphatic rings. The Balaban J connectivity index is 1.30. The standard InChI is InChI=1S/C24H28F2N8O2/c1-14(25)10-33-20-9-15(3-4-19(20)29-31-33)21-18(26)11-34-22(21)23(35-2)28-24(30-34)27-16-5-7-32(8-6-16)17-12-36-13-17/h3-4,9,11,14,16-17H,5-8,10,12-13H2,1-2H3,(H,27,30)/t14-/m0/s1. The molecule has 0 amide bonds. The summed E-state index contributed by atoms with van der Waals surface area (Å²) in [6.45, 7) is 5.13. The smallest absolute Gasteiger partial charge is 0.244 e. The van der Waals surface area contributed by atoms with Crippen molar-refractivity contribution in [3.05, 3.63) is 30.2 Å². The second-order valence-corrected chi connectivity index (χ2v) is 9.49. The number of hydrogen-bond acceptors (Lipinski definition) is 8. The van der Waals surface area contributed by atoms with Gasteiger partial charge >= 0.3 is 0 Å². The molecule has 10 nitrogen and oxygen atoms in total. The number of fused-ring (bicyclic) bond motifs is 2. The van der Waals surface area contributed by atoms with Crippen LogP contribution in [0.5, 0.6) is 5.88 Å². The molecule has 4 aromatic rings. The second-order valence-electron chi connectivity index (χ2n) is 9.49. The molecule has 3 aromatic heterocycles. The Morgan fingerprint density at radius 1 is 1.25 bits per heavy atom. The van der Waals surface area contributed by atoms with Crippen molar-refractivity contribution >= 4 is 22.5 Å². The molecule has 0 unspecified atom stereocenters. The third kappa shape index (κ3) is 4.13. The first-order valence-electron chi connectivity index (χ1n) is 12.2. The highest BCUT2D eigenvalue weighted by molar-refractivity contribution is 5.89. The van der Waals surface area contributed by atoms with E-state index in [1.54, 1.807) is 18.2 Å². The first-order chi connectivity index (χ1) is 17.5. The van der Waals surface area contributed by atoms with Gasteiger partial charge in [0.15, 0.2) is 5.82 Å². The number of piperidine rings is 1. The number of rotatable bonds is 7. The number of benzene rings is 1. The van der Waals surface area contributed by atoms with Crippen LogP contribution in [0, 0.1) is 5.82 Å². The zero-order chi connectivity index (χ0) is 24.8.